The van der Waals surface area contributed by atoms with E-state index in [0.29, 0.717) is 0 Å². The molecule has 2 bridgehead atoms. The molecule has 0 aliphatic carbocycles. The fraction of sp³-hybridized carbons (Fsp3) is 0.636. The van der Waals surface area contributed by atoms with Crippen molar-refractivity contribution in [3.05, 3.63) is 10.7 Å². The van der Waals surface area contributed by atoms with Crippen LogP contribution in [-0.2, 0) is 14.3 Å². The van der Waals surface area contributed by atoms with Crippen LogP contribution < -0.4 is 0 Å². The van der Waals surface area contributed by atoms with E-state index in [-0.39, 0.29) is 15.8 Å². The van der Waals surface area contributed by atoms with Crippen molar-refractivity contribution < 1.29 is 19.1 Å². The summed E-state index contributed by atoms with van der Waals surface area (Å²) in [7, 11) is 1.30. The van der Waals surface area contributed by atoms with Gasteiger partial charge >= 0.3 is 12.1 Å². The van der Waals surface area contributed by atoms with Crippen LogP contribution in [0, 0.1) is 11.3 Å². The van der Waals surface area contributed by atoms with Crippen molar-refractivity contribution in [1.29, 1.82) is 0 Å². The number of rotatable bonds is 0. The average Bonchev–Trinajstić information content (AvgIpc) is 2.29. The van der Waals surface area contributed by atoms with E-state index in [4.69, 9.17) is 9.47 Å². The van der Waals surface area contributed by atoms with Crippen molar-refractivity contribution in [2.45, 2.75) is 24.0 Å². The van der Waals surface area contributed by atoms with Crippen molar-refractivity contribution >= 4 is 50.6 Å². The molecule has 1 saturated heterocycles. The predicted octanol–water partition coefficient (Wildman–Crippen LogP) is 2.63. The quantitative estimate of drug-likeness (QED) is 0.337. The maximum absolute atomic E-state index is 12.0. The molecule has 1 unspecified atom stereocenters. The van der Waals surface area contributed by atoms with Crippen molar-refractivity contribution in [2.75, 3.05) is 7.11 Å². The van der Waals surface area contributed by atoms with E-state index < -0.39 is 17.7 Å². The molecule has 0 aromatic rings. The number of methoxy groups -OCH3 is 1. The Morgan fingerprint density at radius 3 is 2.78 bits per heavy atom. The van der Waals surface area contributed by atoms with Crippen LogP contribution in [-0.4, -0.2) is 34.2 Å². The highest BCUT2D eigenvalue weighted by Gasteiger charge is 2.56. The number of ether oxygens (including phenoxy) is 2. The van der Waals surface area contributed by atoms with Crippen LogP contribution >= 0.6 is 38.5 Å². The highest BCUT2D eigenvalue weighted by Crippen LogP contribution is 2.50. The Labute approximate surface area is 127 Å². The fourth-order valence-corrected chi connectivity index (χ4v) is 5.62. The second-order valence-electron chi connectivity index (χ2n) is 4.83. The molecule has 0 N–H and O–H groups in total. The van der Waals surface area contributed by atoms with E-state index in [0.717, 1.165) is 4.48 Å². The Morgan fingerprint density at radius 2 is 2.22 bits per heavy atom. The summed E-state index contributed by atoms with van der Waals surface area (Å²) in [5.74, 6) is -0.311. The van der Waals surface area contributed by atoms with Gasteiger partial charge in [0.2, 0.25) is 0 Å². The Balaban J connectivity index is 2.46. The van der Waals surface area contributed by atoms with Crippen molar-refractivity contribution in [2.24, 2.45) is 11.3 Å². The van der Waals surface area contributed by atoms with Gasteiger partial charge < -0.3 is 9.47 Å². The van der Waals surface area contributed by atoms with Gasteiger partial charge in [0.25, 0.3) is 0 Å². The molecule has 7 heteroatoms. The Bertz CT molecular complexity index is 437. The van der Waals surface area contributed by atoms with Crippen molar-refractivity contribution in [1.82, 2.24) is 4.90 Å². The average molecular weight is 430 g/mol. The fourth-order valence-electron chi connectivity index (χ4n) is 2.27. The van der Waals surface area contributed by atoms with Gasteiger partial charge in [0.15, 0.2) is 6.23 Å². The number of esters is 1. The summed E-state index contributed by atoms with van der Waals surface area (Å²) < 4.78 is 10.9. The first-order valence-electron chi connectivity index (χ1n) is 5.39. The molecular formula is C11H13BrINO4. The monoisotopic (exact) mass is 429 g/mol. The van der Waals surface area contributed by atoms with Crippen LogP contribution in [0.5, 0.6) is 0 Å². The molecule has 5 nitrogen and oxygen atoms in total. The lowest BCUT2D eigenvalue weighted by atomic mass is 9.73. The lowest BCUT2D eigenvalue weighted by Gasteiger charge is -2.49. The molecule has 1 amide bonds. The molecule has 0 aromatic carbocycles. The summed E-state index contributed by atoms with van der Waals surface area (Å²) in [4.78, 5) is 25.0. The van der Waals surface area contributed by atoms with Gasteiger partial charge in [-0.05, 0) is 13.8 Å². The van der Waals surface area contributed by atoms with E-state index in [1.165, 1.54) is 12.0 Å². The molecule has 0 aromatic heterocycles. The minimum absolute atomic E-state index is 0.00902. The molecule has 2 aliphatic heterocycles. The first-order chi connectivity index (χ1) is 8.30. The zero-order valence-electron chi connectivity index (χ0n) is 10.1. The number of alkyl halides is 1. The third-order valence-corrected chi connectivity index (χ3v) is 5.37. The molecule has 0 spiro atoms. The van der Waals surface area contributed by atoms with Crippen LogP contribution in [0.4, 0.5) is 4.79 Å². The molecule has 18 heavy (non-hydrogen) atoms. The Kier molecular flexibility index (Phi) is 3.65. The van der Waals surface area contributed by atoms with Gasteiger partial charge in [-0.15, -0.1) is 0 Å². The minimum Gasteiger partial charge on any atom is -0.452 e. The topological polar surface area (TPSA) is 55.8 Å². The first kappa shape index (κ1) is 14.1. The second kappa shape index (κ2) is 4.66. The molecule has 2 aliphatic rings. The largest absolute Gasteiger partial charge is 0.452 e. The summed E-state index contributed by atoms with van der Waals surface area (Å²) in [6.07, 6.45) is 0.499. The highest BCUT2D eigenvalue weighted by atomic mass is 127. The van der Waals surface area contributed by atoms with Crippen LogP contribution in [0.15, 0.2) is 10.7 Å². The Hall–Kier alpha value is -0.310. The third-order valence-electron chi connectivity index (χ3n) is 3.34. The van der Waals surface area contributed by atoms with Gasteiger partial charge in [-0.2, -0.15) is 0 Å². The number of nitrogens with zero attached hydrogens (tertiary/aromatic N) is 1. The zero-order chi connectivity index (χ0) is 13.7. The molecule has 100 valence electrons. The number of hydrogen-bond donors (Lipinski definition) is 0. The lowest BCUT2D eigenvalue weighted by molar-refractivity contribution is -0.180. The normalized spacial score (nSPS) is 33.6. The molecule has 2 rings (SSSR count). The predicted molar refractivity (Wildman–Crippen MR) is 76.2 cm³/mol. The number of halogens is 2. The highest BCUT2D eigenvalue weighted by molar-refractivity contribution is 14.1. The second-order valence-corrected chi connectivity index (χ2v) is 7.18. The van der Waals surface area contributed by atoms with Gasteiger partial charge in [-0.1, -0.05) is 38.5 Å². The third kappa shape index (κ3) is 1.95. The first-order valence-corrected chi connectivity index (χ1v) is 7.43. The van der Waals surface area contributed by atoms with Crippen LogP contribution in [0.25, 0.3) is 0 Å². The van der Waals surface area contributed by atoms with Gasteiger partial charge in [0.1, 0.15) is 0 Å². The van der Waals surface area contributed by atoms with Gasteiger partial charge in [0.05, 0.1) is 16.4 Å². The SMILES string of the molecule is COC(=O)N1C=C(Br)[C@@H]2C(I)[C@H]1OC(=O)C2(C)C. The number of hydrogen-bond acceptors (Lipinski definition) is 4. The lowest BCUT2D eigenvalue weighted by Crippen LogP contribution is -2.60. The summed E-state index contributed by atoms with van der Waals surface area (Å²) >= 11 is 5.67. The minimum atomic E-state index is -0.611. The summed E-state index contributed by atoms with van der Waals surface area (Å²) in [6, 6.07) is 0. The molecule has 0 radical (unpaired) electrons. The standard InChI is InChI=1S/C11H13BrINO4/c1-11(2)6-5(12)4-14(10(16)17-3)8(7(6)13)18-9(11)15/h4,6-8H,1-3H3/t6-,7?,8-/m1/s1. The number of carbonyl (C=O) groups is 2. The molecule has 1 fully saturated rings. The van der Waals surface area contributed by atoms with Gasteiger partial charge in [-0.3, -0.25) is 4.79 Å². The summed E-state index contributed by atoms with van der Waals surface area (Å²) in [6.45, 7) is 3.70. The zero-order valence-corrected chi connectivity index (χ0v) is 13.9. The number of carbonyl (C=O) groups excluding carboxylic acids is 2. The van der Waals surface area contributed by atoms with Crippen LogP contribution in [0.3, 0.4) is 0 Å². The number of allylic oxidation sites excluding steroid dienone is 1. The number of amides is 1. The summed E-state index contributed by atoms with van der Waals surface area (Å²) in [5, 5.41) is 0. The van der Waals surface area contributed by atoms with E-state index in [2.05, 4.69) is 38.5 Å². The van der Waals surface area contributed by atoms with E-state index in [1.54, 1.807) is 6.20 Å². The van der Waals surface area contributed by atoms with E-state index in [1.807, 2.05) is 13.8 Å². The molecular weight excluding hydrogens is 417 g/mol. The molecule has 2 heterocycles. The number of fused-ring (bicyclic) bond motifs is 2. The summed E-state index contributed by atoms with van der Waals surface area (Å²) in [5.41, 5.74) is -0.611. The van der Waals surface area contributed by atoms with Crippen molar-refractivity contribution in [3.63, 3.8) is 0 Å². The smallest absolute Gasteiger partial charge is 0.416 e. The van der Waals surface area contributed by atoms with E-state index in [9.17, 15) is 9.59 Å². The molecule has 0 saturated carbocycles. The maximum atomic E-state index is 12.0. The van der Waals surface area contributed by atoms with Crippen LogP contribution in [0.1, 0.15) is 13.8 Å². The Morgan fingerprint density at radius 1 is 1.61 bits per heavy atom. The van der Waals surface area contributed by atoms with Gasteiger partial charge in [-0.25, -0.2) is 9.69 Å². The molecule has 3 atom stereocenters. The maximum Gasteiger partial charge on any atom is 0.416 e. The van der Waals surface area contributed by atoms with Crippen molar-refractivity contribution in [3.8, 4) is 0 Å². The van der Waals surface area contributed by atoms with Gasteiger partial charge in [0, 0.05) is 16.6 Å². The van der Waals surface area contributed by atoms with E-state index >= 15 is 0 Å². The van der Waals surface area contributed by atoms with Crippen LogP contribution in [0.2, 0.25) is 0 Å².